The number of amides is 1. The number of aliphatic imine (C=N–C) groups is 1. The molecular weight excluding hydrogens is 234 g/mol. The standard InChI is InChI=1S/C12H23N3OS/c1-8(2)5-13-11(16)6-14-12-15-10(4)9(3)7-17-12/h8-10H,5-7H2,1-4H3,(H,13,16)(H,14,15). The monoisotopic (exact) mass is 257 g/mol. The highest BCUT2D eigenvalue weighted by Crippen LogP contribution is 2.18. The van der Waals surface area contributed by atoms with E-state index in [0.29, 0.717) is 17.9 Å². The highest BCUT2D eigenvalue weighted by Gasteiger charge is 2.20. The minimum absolute atomic E-state index is 0.000116. The number of carbonyl (C=O) groups excluding carboxylic acids is 1. The van der Waals surface area contributed by atoms with Gasteiger partial charge >= 0.3 is 0 Å². The number of nitrogens with one attached hydrogen (secondary N) is 2. The van der Waals surface area contributed by atoms with Crippen LogP contribution in [0.2, 0.25) is 0 Å². The first-order valence-electron chi connectivity index (χ1n) is 6.19. The van der Waals surface area contributed by atoms with Crippen molar-refractivity contribution in [1.29, 1.82) is 0 Å². The predicted octanol–water partition coefficient (Wildman–Crippen LogP) is 1.48. The third-order valence-electron chi connectivity index (χ3n) is 2.76. The quantitative estimate of drug-likeness (QED) is 0.802. The van der Waals surface area contributed by atoms with Crippen molar-refractivity contribution in [3.63, 3.8) is 0 Å². The summed E-state index contributed by atoms with van der Waals surface area (Å²) in [5.74, 6) is 2.20. The van der Waals surface area contributed by atoms with Crippen molar-refractivity contribution in [2.45, 2.75) is 33.7 Å². The largest absolute Gasteiger partial charge is 0.362 e. The molecule has 5 heteroatoms. The molecule has 0 spiro atoms. The van der Waals surface area contributed by atoms with E-state index in [1.54, 1.807) is 11.8 Å². The van der Waals surface area contributed by atoms with E-state index >= 15 is 0 Å². The van der Waals surface area contributed by atoms with Crippen molar-refractivity contribution in [3.05, 3.63) is 0 Å². The molecule has 0 aliphatic carbocycles. The Balaban J connectivity index is 2.31. The maximum absolute atomic E-state index is 11.5. The lowest BCUT2D eigenvalue weighted by Gasteiger charge is -2.28. The average molecular weight is 257 g/mol. The van der Waals surface area contributed by atoms with Crippen LogP contribution in [0.1, 0.15) is 27.7 Å². The molecule has 1 rings (SSSR count). The van der Waals surface area contributed by atoms with E-state index in [2.05, 4.69) is 43.3 Å². The van der Waals surface area contributed by atoms with Crippen molar-refractivity contribution in [2.75, 3.05) is 18.8 Å². The van der Waals surface area contributed by atoms with E-state index in [1.165, 1.54) is 0 Å². The molecule has 2 unspecified atom stereocenters. The van der Waals surface area contributed by atoms with Gasteiger partial charge in [0, 0.05) is 18.3 Å². The summed E-state index contributed by atoms with van der Waals surface area (Å²) in [6.45, 7) is 9.47. The minimum Gasteiger partial charge on any atom is -0.362 e. The van der Waals surface area contributed by atoms with Gasteiger partial charge in [0.25, 0.3) is 0 Å². The lowest BCUT2D eigenvalue weighted by molar-refractivity contribution is -0.119. The fraction of sp³-hybridized carbons (Fsp3) is 0.833. The van der Waals surface area contributed by atoms with Gasteiger partial charge in [0.05, 0.1) is 0 Å². The number of nitrogens with zero attached hydrogens (tertiary/aromatic N) is 1. The van der Waals surface area contributed by atoms with Gasteiger partial charge in [-0.2, -0.15) is 0 Å². The third-order valence-corrected chi connectivity index (χ3v) is 3.97. The molecule has 1 aliphatic heterocycles. The number of hydrogen-bond donors (Lipinski definition) is 2. The molecule has 0 bridgehead atoms. The zero-order chi connectivity index (χ0) is 12.8. The van der Waals surface area contributed by atoms with Gasteiger partial charge in [-0.3, -0.25) is 9.79 Å². The summed E-state index contributed by atoms with van der Waals surface area (Å²) in [6, 6.07) is 0.439. The maximum Gasteiger partial charge on any atom is 0.241 e. The third kappa shape index (κ3) is 5.44. The molecule has 0 aromatic carbocycles. The Morgan fingerprint density at radius 3 is 2.88 bits per heavy atom. The normalized spacial score (nSPS) is 27.0. The molecule has 0 radical (unpaired) electrons. The second kappa shape index (κ2) is 6.89. The molecule has 0 saturated carbocycles. The van der Waals surface area contributed by atoms with Crippen LogP contribution in [0.5, 0.6) is 0 Å². The summed E-state index contributed by atoms with van der Waals surface area (Å²) in [5, 5.41) is 7.08. The van der Waals surface area contributed by atoms with Crippen LogP contribution in [-0.2, 0) is 4.79 Å². The van der Waals surface area contributed by atoms with E-state index in [4.69, 9.17) is 0 Å². The molecule has 1 amide bonds. The lowest BCUT2D eigenvalue weighted by atomic mass is 10.1. The maximum atomic E-state index is 11.5. The van der Waals surface area contributed by atoms with Gasteiger partial charge in [0.1, 0.15) is 6.54 Å². The van der Waals surface area contributed by atoms with Crippen LogP contribution in [0.3, 0.4) is 0 Å². The van der Waals surface area contributed by atoms with Crippen LogP contribution >= 0.6 is 11.8 Å². The Morgan fingerprint density at radius 1 is 1.59 bits per heavy atom. The Labute approximate surface area is 108 Å². The molecule has 17 heavy (non-hydrogen) atoms. The molecule has 98 valence electrons. The second-order valence-corrected chi connectivity index (χ2v) is 6.05. The summed E-state index contributed by atoms with van der Waals surface area (Å²) in [4.78, 5) is 15.8. The van der Waals surface area contributed by atoms with E-state index in [-0.39, 0.29) is 12.5 Å². The van der Waals surface area contributed by atoms with Gasteiger partial charge in [-0.25, -0.2) is 0 Å². The zero-order valence-corrected chi connectivity index (χ0v) is 11.9. The molecular formula is C12H23N3OS. The van der Waals surface area contributed by atoms with Crippen molar-refractivity contribution in [3.8, 4) is 0 Å². The van der Waals surface area contributed by atoms with Crippen LogP contribution in [0, 0.1) is 11.8 Å². The van der Waals surface area contributed by atoms with Gasteiger partial charge in [-0.1, -0.05) is 32.5 Å². The first kappa shape index (κ1) is 14.4. The molecule has 2 atom stereocenters. The Hall–Kier alpha value is -0.710. The number of rotatable bonds is 4. The molecule has 0 aromatic heterocycles. The number of amidine groups is 1. The zero-order valence-electron chi connectivity index (χ0n) is 11.1. The van der Waals surface area contributed by atoms with E-state index in [9.17, 15) is 4.79 Å². The number of thioether (sulfide) groups is 1. The predicted molar refractivity (Wildman–Crippen MR) is 74.4 cm³/mol. The second-order valence-electron chi connectivity index (χ2n) is 5.04. The fourth-order valence-corrected chi connectivity index (χ4v) is 2.48. The first-order chi connectivity index (χ1) is 7.99. The summed E-state index contributed by atoms with van der Waals surface area (Å²) in [5.41, 5.74) is 0. The van der Waals surface area contributed by atoms with E-state index < -0.39 is 0 Å². The Morgan fingerprint density at radius 2 is 2.29 bits per heavy atom. The highest BCUT2D eigenvalue weighted by atomic mass is 32.2. The van der Waals surface area contributed by atoms with Crippen LogP contribution < -0.4 is 10.6 Å². The Kier molecular flexibility index (Phi) is 5.82. The van der Waals surface area contributed by atoms with E-state index in [1.807, 2.05) is 0 Å². The molecule has 1 fully saturated rings. The van der Waals surface area contributed by atoms with Gasteiger partial charge < -0.3 is 10.6 Å². The van der Waals surface area contributed by atoms with Gasteiger partial charge in [0.15, 0.2) is 5.17 Å². The number of carbonyl (C=O) groups is 1. The molecule has 1 heterocycles. The Bertz CT molecular complexity index is 291. The van der Waals surface area contributed by atoms with Gasteiger partial charge in [0.2, 0.25) is 5.91 Å². The van der Waals surface area contributed by atoms with Crippen LogP contribution in [0.15, 0.2) is 4.99 Å². The molecule has 2 N–H and O–H groups in total. The smallest absolute Gasteiger partial charge is 0.241 e. The molecule has 1 saturated heterocycles. The summed E-state index contributed by atoms with van der Waals surface area (Å²) >= 11 is 1.70. The van der Waals surface area contributed by atoms with Gasteiger partial charge in [-0.15, -0.1) is 0 Å². The molecule has 4 nitrogen and oxygen atoms in total. The van der Waals surface area contributed by atoms with Crippen molar-refractivity contribution < 1.29 is 4.79 Å². The topological polar surface area (TPSA) is 53.5 Å². The highest BCUT2D eigenvalue weighted by molar-refractivity contribution is 8.13. The van der Waals surface area contributed by atoms with Crippen LogP contribution in [-0.4, -0.2) is 36.0 Å². The fourth-order valence-electron chi connectivity index (χ4n) is 1.34. The van der Waals surface area contributed by atoms with Crippen molar-refractivity contribution in [2.24, 2.45) is 16.8 Å². The molecule has 1 aliphatic rings. The first-order valence-corrected chi connectivity index (χ1v) is 7.18. The van der Waals surface area contributed by atoms with Gasteiger partial charge in [-0.05, 0) is 18.8 Å². The van der Waals surface area contributed by atoms with Crippen molar-refractivity contribution in [1.82, 2.24) is 10.6 Å². The van der Waals surface area contributed by atoms with Crippen LogP contribution in [0.4, 0.5) is 0 Å². The van der Waals surface area contributed by atoms with Crippen molar-refractivity contribution >= 4 is 22.8 Å². The minimum atomic E-state index is -0.000116. The summed E-state index contributed by atoms with van der Waals surface area (Å²) in [6.07, 6.45) is 0. The summed E-state index contributed by atoms with van der Waals surface area (Å²) < 4.78 is 0. The van der Waals surface area contributed by atoms with Crippen LogP contribution in [0.25, 0.3) is 0 Å². The number of hydrogen-bond acceptors (Lipinski definition) is 3. The SMILES string of the molecule is CC(C)CNC(=O)CN=C1NC(C)C(C)CS1. The average Bonchev–Trinajstić information content (AvgIpc) is 2.28. The summed E-state index contributed by atoms with van der Waals surface area (Å²) in [7, 11) is 0. The molecule has 0 aromatic rings. The van der Waals surface area contributed by atoms with E-state index in [0.717, 1.165) is 17.5 Å². The lowest BCUT2D eigenvalue weighted by Crippen LogP contribution is -2.42.